The molecule has 0 spiro atoms. The highest BCUT2D eigenvalue weighted by Gasteiger charge is 2.05. The first-order valence-electron chi connectivity index (χ1n) is 9.87. The fourth-order valence-corrected chi connectivity index (χ4v) is 1.89. The van der Waals surface area contributed by atoms with Gasteiger partial charge in [0.2, 0.25) is 0 Å². The molecule has 2 aromatic heterocycles. The van der Waals surface area contributed by atoms with Gasteiger partial charge < -0.3 is 5.73 Å². The molecule has 0 fully saturated rings. The van der Waals surface area contributed by atoms with Crippen LogP contribution in [0.3, 0.4) is 0 Å². The second-order valence-corrected chi connectivity index (χ2v) is 5.50. The topological polar surface area (TPSA) is 89.1 Å². The molecule has 3 N–H and O–H groups in total. The average molecular weight is 374 g/mol. The standard InChI is InChI=1S/C11H8N4O.C5H12.C3H9N.C2H6/c16-9-6-7-12-11-13-10(14-15(9)11)8-4-2-1-3-5-8;1-3-5-4-2;1-2-3-4;1-2/h1-7H,(H,12,13,14);3-5H2,1-2H3;2-4H2,1H3;1-2H3. The summed E-state index contributed by atoms with van der Waals surface area (Å²) in [7, 11) is 0. The van der Waals surface area contributed by atoms with Crippen molar-refractivity contribution in [3.63, 3.8) is 0 Å². The van der Waals surface area contributed by atoms with Gasteiger partial charge >= 0.3 is 0 Å². The molecule has 150 valence electrons. The van der Waals surface area contributed by atoms with E-state index in [1.165, 1.54) is 36.0 Å². The van der Waals surface area contributed by atoms with Crippen LogP contribution in [0.2, 0.25) is 0 Å². The zero-order chi connectivity index (χ0) is 20.5. The van der Waals surface area contributed by atoms with Crippen molar-refractivity contribution >= 4 is 5.78 Å². The first kappa shape index (κ1) is 24.5. The maximum absolute atomic E-state index is 11.5. The number of rotatable bonds is 4. The monoisotopic (exact) mass is 373 g/mol. The van der Waals surface area contributed by atoms with Crippen LogP contribution in [0.15, 0.2) is 47.4 Å². The Morgan fingerprint density at radius 2 is 1.59 bits per heavy atom. The van der Waals surface area contributed by atoms with E-state index in [0.717, 1.165) is 18.5 Å². The van der Waals surface area contributed by atoms with E-state index in [9.17, 15) is 4.79 Å². The maximum Gasteiger partial charge on any atom is 0.273 e. The number of unbranched alkanes of at least 4 members (excludes halogenated alkanes) is 2. The van der Waals surface area contributed by atoms with Crippen LogP contribution in [-0.2, 0) is 0 Å². The van der Waals surface area contributed by atoms with E-state index in [0.29, 0.717) is 11.6 Å². The summed E-state index contributed by atoms with van der Waals surface area (Å²) >= 11 is 0. The Bertz CT molecular complexity index is 761. The number of aromatic nitrogens is 4. The maximum atomic E-state index is 11.5. The molecule has 0 aliphatic rings. The number of aromatic amines is 1. The van der Waals surface area contributed by atoms with Crippen molar-refractivity contribution in [3.8, 4) is 11.4 Å². The molecule has 2 heterocycles. The Hall–Kier alpha value is -2.47. The summed E-state index contributed by atoms with van der Waals surface area (Å²) in [6.07, 6.45) is 6.63. The SMILES string of the molecule is CC.CCCCC.CCCN.O=c1ccnc2nc(-c3ccccc3)[nH]n12. The van der Waals surface area contributed by atoms with Gasteiger partial charge in [-0.15, -0.1) is 0 Å². The van der Waals surface area contributed by atoms with Crippen molar-refractivity contribution in [2.45, 2.75) is 60.3 Å². The molecule has 6 nitrogen and oxygen atoms in total. The molecular formula is C21H35N5O. The van der Waals surface area contributed by atoms with Gasteiger partial charge in [0.25, 0.3) is 11.3 Å². The second kappa shape index (κ2) is 15.8. The van der Waals surface area contributed by atoms with E-state index >= 15 is 0 Å². The van der Waals surface area contributed by atoms with E-state index in [4.69, 9.17) is 5.73 Å². The van der Waals surface area contributed by atoms with E-state index in [1.54, 1.807) is 0 Å². The molecule has 0 saturated heterocycles. The normalized spacial score (nSPS) is 9.26. The summed E-state index contributed by atoms with van der Waals surface area (Å²) in [5, 5.41) is 2.91. The number of nitrogens with one attached hydrogen (secondary N) is 1. The van der Waals surface area contributed by atoms with E-state index in [1.807, 2.05) is 44.2 Å². The van der Waals surface area contributed by atoms with Gasteiger partial charge in [0.15, 0.2) is 5.82 Å². The summed E-state index contributed by atoms with van der Waals surface area (Å²) < 4.78 is 1.32. The molecule has 0 amide bonds. The molecule has 3 aromatic rings. The summed E-state index contributed by atoms with van der Waals surface area (Å²) in [5.74, 6) is 1.02. The van der Waals surface area contributed by atoms with Crippen LogP contribution in [0.4, 0.5) is 0 Å². The smallest absolute Gasteiger partial charge is 0.273 e. The molecule has 0 radical (unpaired) electrons. The van der Waals surface area contributed by atoms with Crippen LogP contribution in [0.25, 0.3) is 17.2 Å². The zero-order valence-corrected chi connectivity index (χ0v) is 17.4. The predicted octanol–water partition coefficient (Wildman–Crippen LogP) is 4.66. The van der Waals surface area contributed by atoms with Gasteiger partial charge in [-0.2, -0.15) is 9.50 Å². The lowest BCUT2D eigenvalue weighted by atomic mass is 10.2. The minimum absolute atomic E-state index is 0.167. The molecule has 3 rings (SSSR count). The largest absolute Gasteiger partial charge is 0.330 e. The lowest BCUT2D eigenvalue weighted by Crippen LogP contribution is -2.12. The number of fused-ring (bicyclic) bond motifs is 1. The lowest BCUT2D eigenvalue weighted by Gasteiger charge is -1.92. The van der Waals surface area contributed by atoms with E-state index in [2.05, 4.69) is 35.8 Å². The predicted molar refractivity (Wildman–Crippen MR) is 115 cm³/mol. The third kappa shape index (κ3) is 9.15. The molecule has 0 atom stereocenters. The summed E-state index contributed by atoms with van der Waals surface area (Å²) in [6, 6.07) is 11.0. The summed E-state index contributed by atoms with van der Waals surface area (Å²) in [6.45, 7) is 11.3. The number of benzene rings is 1. The highest BCUT2D eigenvalue weighted by molar-refractivity contribution is 5.56. The number of hydrogen-bond donors (Lipinski definition) is 2. The van der Waals surface area contributed by atoms with Crippen molar-refractivity contribution in [3.05, 3.63) is 52.9 Å². The minimum atomic E-state index is -0.167. The van der Waals surface area contributed by atoms with E-state index < -0.39 is 0 Å². The number of H-pyrrole nitrogens is 1. The highest BCUT2D eigenvalue weighted by Crippen LogP contribution is 2.13. The van der Waals surface area contributed by atoms with Gasteiger partial charge in [0.05, 0.1) is 0 Å². The third-order valence-electron chi connectivity index (χ3n) is 3.30. The molecule has 27 heavy (non-hydrogen) atoms. The fraction of sp³-hybridized carbons (Fsp3) is 0.476. The lowest BCUT2D eigenvalue weighted by molar-refractivity contribution is 0.772. The Balaban J connectivity index is 0.000000517. The minimum Gasteiger partial charge on any atom is -0.330 e. The van der Waals surface area contributed by atoms with Crippen LogP contribution in [-0.4, -0.2) is 26.1 Å². The molecule has 0 unspecified atom stereocenters. The molecule has 0 aliphatic carbocycles. The fourth-order valence-electron chi connectivity index (χ4n) is 1.89. The average Bonchev–Trinajstić information content (AvgIpc) is 3.17. The molecule has 1 aromatic carbocycles. The van der Waals surface area contributed by atoms with Crippen LogP contribution in [0, 0.1) is 0 Å². The number of nitrogens with zero attached hydrogens (tertiary/aromatic N) is 3. The van der Waals surface area contributed by atoms with Crippen molar-refractivity contribution in [2.75, 3.05) is 6.54 Å². The molecule has 0 saturated carbocycles. The Morgan fingerprint density at radius 1 is 1.00 bits per heavy atom. The van der Waals surface area contributed by atoms with Crippen molar-refractivity contribution < 1.29 is 0 Å². The highest BCUT2D eigenvalue weighted by atomic mass is 16.1. The molecule has 0 aliphatic heterocycles. The first-order valence-corrected chi connectivity index (χ1v) is 9.87. The Labute approximate surface area is 162 Å². The van der Waals surface area contributed by atoms with Crippen molar-refractivity contribution in [1.82, 2.24) is 19.6 Å². The Kier molecular flexibility index (Phi) is 14.3. The second-order valence-electron chi connectivity index (χ2n) is 5.50. The molecule has 0 bridgehead atoms. The molecule has 6 heteroatoms. The van der Waals surface area contributed by atoms with Crippen molar-refractivity contribution in [1.29, 1.82) is 0 Å². The number of nitrogens with two attached hydrogens (primary N) is 1. The van der Waals surface area contributed by atoms with E-state index in [-0.39, 0.29) is 5.56 Å². The van der Waals surface area contributed by atoms with Crippen LogP contribution in [0.1, 0.15) is 60.3 Å². The first-order chi connectivity index (χ1) is 13.2. The van der Waals surface area contributed by atoms with Gasteiger partial charge in [0, 0.05) is 17.8 Å². The quantitative estimate of drug-likeness (QED) is 0.696. The van der Waals surface area contributed by atoms with Gasteiger partial charge in [-0.05, 0) is 13.0 Å². The van der Waals surface area contributed by atoms with Crippen molar-refractivity contribution in [2.24, 2.45) is 5.73 Å². The number of hydrogen-bond acceptors (Lipinski definition) is 4. The van der Waals surface area contributed by atoms with Crippen LogP contribution >= 0.6 is 0 Å². The molecular weight excluding hydrogens is 338 g/mol. The van der Waals surface area contributed by atoms with Gasteiger partial charge in [0.1, 0.15) is 0 Å². The summed E-state index contributed by atoms with van der Waals surface area (Å²) in [4.78, 5) is 19.7. The summed E-state index contributed by atoms with van der Waals surface area (Å²) in [5.41, 5.74) is 5.78. The zero-order valence-electron chi connectivity index (χ0n) is 17.4. The van der Waals surface area contributed by atoms with Crippen LogP contribution < -0.4 is 11.3 Å². The van der Waals surface area contributed by atoms with Gasteiger partial charge in [-0.1, -0.05) is 84.2 Å². The Morgan fingerprint density at radius 3 is 2.04 bits per heavy atom. The van der Waals surface area contributed by atoms with Gasteiger partial charge in [-0.25, -0.2) is 4.98 Å². The van der Waals surface area contributed by atoms with Gasteiger partial charge in [-0.3, -0.25) is 9.89 Å². The van der Waals surface area contributed by atoms with Crippen LogP contribution in [0.5, 0.6) is 0 Å². The third-order valence-corrected chi connectivity index (χ3v) is 3.30.